The predicted octanol–water partition coefficient (Wildman–Crippen LogP) is 3.31. The molecule has 0 unspecified atom stereocenters. The molecule has 0 radical (unpaired) electrons. The van der Waals surface area contributed by atoms with Crippen molar-refractivity contribution in [2.45, 2.75) is 31.4 Å². The van der Waals surface area contributed by atoms with E-state index in [-0.39, 0.29) is 18.4 Å². The van der Waals surface area contributed by atoms with Crippen LogP contribution in [0.15, 0.2) is 60.1 Å². The van der Waals surface area contributed by atoms with Crippen molar-refractivity contribution < 1.29 is 14.3 Å². The Kier molecular flexibility index (Phi) is 5.43. The normalized spacial score (nSPS) is 14.3. The number of hydrogen-bond acceptors (Lipinski definition) is 6. The van der Waals surface area contributed by atoms with Gasteiger partial charge in [-0.3, -0.25) is 14.6 Å². The van der Waals surface area contributed by atoms with Gasteiger partial charge in [0.15, 0.2) is 0 Å². The van der Waals surface area contributed by atoms with Crippen LogP contribution in [0.5, 0.6) is 0 Å². The van der Waals surface area contributed by atoms with Crippen LogP contribution < -0.4 is 5.32 Å². The van der Waals surface area contributed by atoms with Crippen LogP contribution in [0.1, 0.15) is 30.2 Å². The number of esters is 1. The molecule has 0 saturated heterocycles. The van der Waals surface area contributed by atoms with E-state index in [1.54, 1.807) is 18.3 Å². The summed E-state index contributed by atoms with van der Waals surface area (Å²) in [7, 11) is 0. The van der Waals surface area contributed by atoms with Crippen molar-refractivity contribution in [1.29, 1.82) is 0 Å². The third kappa shape index (κ3) is 4.61. The number of ether oxygens (including phenoxy) is 1. The largest absolute Gasteiger partial charge is 0.447 e. The lowest BCUT2D eigenvalue weighted by molar-refractivity contribution is -0.156. The highest BCUT2D eigenvalue weighted by Crippen LogP contribution is 2.25. The van der Waals surface area contributed by atoms with Gasteiger partial charge >= 0.3 is 5.97 Å². The summed E-state index contributed by atoms with van der Waals surface area (Å²) in [5.74, 6) is -0.771. The molecule has 1 N–H and O–H groups in total. The van der Waals surface area contributed by atoms with E-state index in [1.165, 1.54) is 11.3 Å². The Bertz CT molecular complexity index is 955. The number of amides is 1. The van der Waals surface area contributed by atoms with Crippen LogP contribution in [-0.2, 0) is 20.7 Å². The Morgan fingerprint density at radius 1 is 1.14 bits per heavy atom. The van der Waals surface area contributed by atoms with E-state index in [2.05, 4.69) is 15.3 Å². The van der Waals surface area contributed by atoms with Gasteiger partial charge in [-0.1, -0.05) is 36.4 Å². The van der Waals surface area contributed by atoms with E-state index in [4.69, 9.17) is 4.74 Å². The van der Waals surface area contributed by atoms with Gasteiger partial charge in [-0.15, -0.1) is 11.3 Å². The van der Waals surface area contributed by atoms with E-state index in [0.717, 1.165) is 23.5 Å². The Morgan fingerprint density at radius 2 is 1.93 bits per heavy atom. The number of rotatable bonds is 7. The molecule has 2 aromatic heterocycles. The minimum absolute atomic E-state index is 0.00335. The molecule has 7 heteroatoms. The Morgan fingerprint density at radius 3 is 2.64 bits per heavy atom. The maximum absolute atomic E-state index is 12.6. The van der Waals surface area contributed by atoms with Crippen LogP contribution in [0.3, 0.4) is 0 Å². The Balaban J connectivity index is 1.44. The lowest BCUT2D eigenvalue weighted by Gasteiger charge is -2.17. The molecule has 1 amide bonds. The van der Waals surface area contributed by atoms with Crippen LogP contribution in [0.4, 0.5) is 0 Å². The molecular weight excluding hydrogens is 374 g/mol. The zero-order chi connectivity index (χ0) is 19.3. The molecule has 1 fully saturated rings. The third-order valence-electron chi connectivity index (χ3n) is 4.27. The summed E-state index contributed by atoms with van der Waals surface area (Å²) >= 11 is 1.42. The van der Waals surface area contributed by atoms with Gasteiger partial charge in [0.2, 0.25) is 6.10 Å². The van der Waals surface area contributed by atoms with Crippen LogP contribution in [0.2, 0.25) is 0 Å². The first-order valence-corrected chi connectivity index (χ1v) is 9.97. The average molecular weight is 393 g/mol. The van der Waals surface area contributed by atoms with Gasteiger partial charge in [-0.25, -0.2) is 4.98 Å². The first-order valence-electron chi connectivity index (χ1n) is 9.09. The van der Waals surface area contributed by atoms with E-state index < -0.39 is 12.1 Å². The SMILES string of the molecule is O=C(Cc1csc(-c2ccccn2)n1)O[C@H](C(=O)NC1CC1)c1ccccc1. The molecule has 4 rings (SSSR count). The molecule has 1 atom stereocenters. The van der Waals surface area contributed by atoms with Crippen molar-refractivity contribution in [2.24, 2.45) is 0 Å². The molecular formula is C21H19N3O3S. The summed E-state index contributed by atoms with van der Waals surface area (Å²) in [6.45, 7) is 0. The standard InChI is InChI=1S/C21H19N3O3S/c25-18(12-16-13-28-21(24-16)17-8-4-5-11-22-17)27-19(14-6-2-1-3-7-14)20(26)23-15-9-10-15/h1-8,11,13,15,19H,9-10,12H2,(H,23,26)/t19-/m0/s1. The zero-order valence-corrected chi connectivity index (χ0v) is 15.9. The lowest BCUT2D eigenvalue weighted by Crippen LogP contribution is -2.33. The molecule has 28 heavy (non-hydrogen) atoms. The van der Waals surface area contributed by atoms with Crippen LogP contribution in [0, 0.1) is 0 Å². The number of carbonyl (C=O) groups is 2. The van der Waals surface area contributed by atoms with Gasteiger partial charge in [-0.2, -0.15) is 0 Å². The van der Waals surface area contributed by atoms with Crippen molar-refractivity contribution in [3.63, 3.8) is 0 Å². The van der Waals surface area contributed by atoms with Gasteiger partial charge in [0.1, 0.15) is 5.01 Å². The van der Waals surface area contributed by atoms with Crippen molar-refractivity contribution in [2.75, 3.05) is 0 Å². The summed E-state index contributed by atoms with van der Waals surface area (Å²) < 4.78 is 5.54. The summed E-state index contributed by atoms with van der Waals surface area (Å²) in [6.07, 6.45) is 2.69. The second-order valence-corrected chi connectivity index (χ2v) is 7.46. The fourth-order valence-corrected chi connectivity index (χ4v) is 3.52. The molecule has 1 aliphatic rings. The number of pyridine rings is 1. The molecule has 6 nitrogen and oxygen atoms in total. The van der Waals surface area contributed by atoms with Crippen LogP contribution in [-0.4, -0.2) is 27.9 Å². The summed E-state index contributed by atoms with van der Waals surface area (Å²) in [4.78, 5) is 33.8. The number of benzene rings is 1. The van der Waals surface area contributed by atoms with Crippen molar-refractivity contribution in [3.05, 3.63) is 71.4 Å². The molecule has 1 aromatic carbocycles. The summed E-state index contributed by atoms with van der Waals surface area (Å²) in [5, 5.41) is 5.47. The van der Waals surface area contributed by atoms with Crippen LogP contribution in [0.25, 0.3) is 10.7 Å². The highest BCUT2D eigenvalue weighted by molar-refractivity contribution is 7.13. The molecule has 1 aliphatic carbocycles. The first-order chi connectivity index (χ1) is 13.7. The molecule has 2 heterocycles. The van der Waals surface area contributed by atoms with Gasteiger partial charge in [0.05, 0.1) is 17.8 Å². The monoisotopic (exact) mass is 393 g/mol. The van der Waals surface area contributed by atoms with Crippen molar-refractivity contribution in [3.8, 4) is 10.7 Å². The van der Waals surface area contributed by atoms with E-state index in [1.807, 2.05) is 41.8 Å². The number of hydrogen-bond donors (Lipinski definition) is 1. The molecule has 142 valence electrons. The fourth-order valence-electron chi connectivity index (χ4n) is 2.72. The first kappa shape index (κ1) is 18.3. The fraction of sp³-hybridized carbons (Fsp3) is 0.238. The van der Waals surface area contributed by atoms with Crippen LogP contribution >= 0.6 is 11.3 Å². The Hall–Kier alpha value is -3.06. The highest BCUT2D eigenvalue weighted by Gasteiger charge is 2.30. The smallest absolute Gasteiger partial charge is 0.313 e. The Labute approximate surface area is 166 Å². The molecule has 0 aliphatic heterocycles. The molecule has 1 saturated carbocycles. The van der Waals surface area contributed by atoms with Crippen molar-refractivity contribution in [1.82, 2.24) is 15.3 Å². The number of nitrogens with zero attached hydrogens (tertiary/aromatic N) is 2. The number of aromatic nitrogens is 2. The highest BCUT2D eigenvalue weighted by atomic mass is 32.1. The number of carbonyl (C=O) groups excluding carboxylic acids is 2. The van der Waals surface area contributed by atoms with Crippen molar-refractivity contribution >= 4 is 23.2 Å². The minimum Gasteiger partial charge on any atom is -0.447 e. The van der Waals surface area contributed by atoms with Gasteiger partial charge in [0.25, 0.3) is 5.91 Å². The lowest BCUT2D eigenvalue weighted by atomic mass is 10.1. The number of nitrogens with one attached hydrogen (secondary N) is 1. The number of thiazole rings is 1. The topological polar surface area (TPSA) is 81.2 Å². The predicted molar refractivity (Wildman–Crippen MR) is 105 cm³/mol. The van der Waals surface area contributed by atoms with E-state index in [9.17, 15) is 9.59 Å². The van der Waals surface area contributed by atoms with E-state index >= 15 is 0 Å². The van der Waals surface area contributed by atoms with Gasteiger partial charge in [-0.05, 0) is 25.0 Å². The van der Waals surface area contributed by atoms with Gasteiger partial charge in [0, 0.05) is 23.2 Å². The quantitative estimate of drug-likeness (QED) is 0.623. The molecule has 3 aromatic rings. The maximum Gasteiger partial charge on any atom is 0.313 e. The zero-order valence-electron chi connectivity index (χ0n) is 15.1. The summed E-state index contributed by atoms with van der Waals surface area (Å²) in [5.41, 5.74) is 2.02. The van der Waals surface area contributed by atoms with Gasteiger partial charge < -0.3 is 10.1 Å². The maximum atomic E-state index is 12.6. The summed E-state index contributed by atoms with van der Waals surface area (Å²) in [6, 6.07) is 14.9. The second kappa shape index (κ2) is 8.31. The molecule has 0 bridgehead atoms. The minimum atomic E-state index is -0.955. The molecule has 0 spiro atoms. The second-order valence-electron chi connectivity index (χ2n) is 6.60. The van der Waals surface area contributed by atoms with E-state index in [0.29, 0.717) is 11.3 Å². The average Bonchev–Trinajstić information content (AvgIpc) is 3.42. The third-order valence-corrected chi connectivity index (χ3v) is 5.19.